The van der Waals surface area contributed by atoms with E-state index >= 15 is 0 Å². The van der Waals surface area contributed by atoms with Crippen LogP contribution in [-0.4, -0.2) is 33.1 Å². The summed E-state index contributed by atoms with van der Waals surface area (Å²) >= 11 is 8.03. The molecule has 1 heterocycles. The van der Waals surface area contributed by atoms with Crippen molar-refractivity contribution in [2.75, 3.05) is 12.4 Å². The molecule has 0 amide bonds. The van der Waals surface area contributed by atoms with E-state index in [2.05, 4.69) is 4.37 Å². The molecule has 0 saturated carbocycles. The van der Waals surface area contributed by atoms with Gasteiger partial charge in [0.05, 0.1) is 12.7 Å². The van der Waals surface area contributed by atoms with Crippen molar-refractivity contribution >= 4 is 34.9 Å². The second-order valence-corrected chi connectivity index (χ2v) is 4.82. The summed E-state index contributed by atoms with van der Waals surface area (Å²) in [7, 11) is 0. The third-order valence-corrected chi connectivity index (χ3v) is 3.96. The zero-order valence-corrected chi connectivity index (χ0v) is 9.36. The molecule has 4 nitrogen and oxygen atoms in total. The summed E-state index contributed by atoms with van der Waals surface area (Å²) in [5, 5.41) is 26.6. The number of nitrogens with zero attached hydrogens (tertiary/aromatic N) is 2. The summed E-state index contributed by atoms with van der Waals surface area (Å²) in [5.74, 6) is 0.323. The van der Waals surface area contributed by atoms with E-state index in [0.717, 1.165) is 11.5 Å². The molecule has 0 spiro atoms. The lowest BCUT2D eigenvalue weighted by atomic mass is 10.4. The van der Waals surface area contributed by atoms with Gasteiger partial charge in [0.25, 0.3) is 0 Å². The molecule has 0 bridgehead atoms. The van der Waals surface area contributed by atoms with Crippen LogP contribution in [0.1, 0.15) is 5.56 Å². The molecule has 0 radical (unpaired) electrons. The van der Waals surface area contributed by atoms with Crippen LogP contribution in [0.5, 0.6) is 0 Å². The molecule has 1 unspecified atom stereocenters. The highest BCUT2D eigenvalue weighted by Gasteiger charge is 2.13. The molecule has 2 N–H and O–H groups in total. The van der Waals surface area contributed by atoms with E-state index in [9.17, 15) is 0 Å². The zero-order valence-electron chi connectivity index (χ0n) is 6.97. The maximum Gasteiger partial charge on any atom is 0.161 e. The largest absolute Gasteiger partial charge is 0.394 e. The first kappa shape index (κ1) is 11.8. The molecule has 76 valence electrons. The third-order valence-electron chi connectivity index (χ3n) is 1.35. The summed E-state index contributed by atoms with van der Waals surface area (Å²) in [6, 6.07) is 1.94. The molecule has 0 saturated heterocycles. The van der Waals surface area contributed by atoms with Crippen molar-refractivity contribution in [3.8, 4) is 6.07 Å². The van der Waals surface area contributed by atoms with Gasteiger partial charge in [-0.15, -0.1) is 11.8 Å². The zero-order chi connectivity index (χ0) is 10.6. The predicted octanol–water partition coefficient (Wildman–Crippen LogP) is 1.11. The topological polar surface area (TPSA) is 77.1 Å². The van der Waals surface area contributed by atoms with Crippen LogP contribution < -0.4 is 0 Å². The smallest absolute Gasteiger partial charge is 0.161 e. The molecule has 7 heteroatoms. The highest BCUT2D eigenvalue weighted by molar-refractivity contribution is 8.01. The SMILES string of the molecule is N#Cc1c(Cl)nsc1SCC(O)CO. The average Bonchev–Trinajstić information content (AvgIpc) is 2.55. The number of nitriles is 1. The van der Waals surface area contributed by atoms with Crippen LogP contribution in [0.15, 0.2) is 4.21 Å². The highest BCUT2D eigenvalue weighted by atomic mass is 35.5. The van der Waals surface area contributed by atoms with Crippen molar-refractivity contribution < 1.29 is 10.2 Å². The molecule has 0 aliphatic heterocycles. The number of hydrogen-bond acceptors (Lipinski definition) is 6. The van der Waals surface area contributed by atoms with Gasteiger partial charge in [-0.25, -0.2) is 0 Å². The number of aromatic nitrogens is 1. The van der Waals surface area contributed by atoms with E-state index in [-0.39, 0.29) is 11.8 Å². The van der Waals surface area contributed by atoms with Gasteiger partial charge in [0.15, 0.2) is 5.15 Å². The highest BCUT2D eigenvalue weighted by Crippen LogP contribution is 2.31. The predicted molar refractivity (Wildman–Crippen MR) is 55.7 cm³/mol. The lowest BCUT2D eigenvalue weighted by Crippen LogP contribution is -2.14. The third kappa shape index (κ3) is 2.83. The van der Waals surface area contributed by atoms with Crippen molar-refractivity contribution in [2.24, 2.45) is 0 Å². The Hall–Kier alpha value is -0.320. The minimum Gasteiger partial charge on any atom is -0.394 e. The Balaban J connectivity index is 2.64. The normalized spacial score (nSPS) is 12.4. The summed E-state index contributed by atoms with van der Waals surface area (Å²) < 4.78 is 4.48. The maximum absolute atomic E-state index is 9.09. The van der Waals surface area contributed by atoms with E-state index in [4.69, 9.17) is 27.1 Å². The number of aliphatic hydroxyl groups is 2. The molecule has 0 aliphatic carbocycles. The van der Waals surface area contributed by atoms with Crippen molar-refractivity contribution in [2.45, 2.75) is 10.3 Å². The first-order valence-electron chi connectivity index (χ1n) is 3.66. The standard InChI is InChI=1S/C7H7ClN2O2S2/c8-6-5(1-9)7(14-10-6)13-3-4(12)2-11/h4,11-12H,2-3H2. The van der Waals surface area contributed by atoms with Gasteiger partial charge in [0, 0.05) is 5.75 Å². The first-order valence-corrected chi connectivity index (χ1v) is 5.79. The van der Waals surface area contributed by atoms with Crippen LogP contribution in [0.25, 0.3) is 0 Å². The quantitative estimate of drug-likeness (QED) is 0.783. The average molecular weight is 251 g/mol. The number of rotatable bonds is 4. The van der Waals surface area contributed by atoms with Crippen LogP contribution in [0, 0.1) is 11.3 Å². The second kappa shape index (κ2) is 5.53. The fraction of sp³-hybridized carbons (Fsp3) is 0.429. The maximum atomic E-state index is 9.09. The molecular formula is C7H7ClN2O2S2. The molecule has 1 atom stereocenters. The molecular weight excluding hydrogens is 244 g/mol. The van der Waals surface area contributed by atoms with Crippen LogP contribution in [0.2, 0.25) is 5.15 Å². The molecule has 1 rings (SSSR count). The molecule has 14 heavy (non-hydrogen) atoms. The number of halogens is 1. The molecule has 1 aromatic heterocycles. The van der Waals surface area contributed by atoms with Crippen molar-refractivity contribution in [3.63, 3.8) is 0 Å². The minimum atomic E-state index is -0.785. The van der Waals surface area contributed by atoms with Crippen molar-refractivity contribution in [1.29, 1.82) is 5.26 Å². The van der Waals surface area contributed by atoms with Crippen molar-refractivity contribution in [1.82, 2.24) is 4.37 Å². The molecule has 1 aromatic rings. The summed E-state index contributed by atoms with van der Waals surface area (Å²) in [6.07, 6.45) is -0.785. The van der Waals surface area contributed by atoms with E-state index in [0.29, 0.717) is 15.5 Å². The van der Waals surface area contributed by atoms with Crippen LogP contribution in [0.4, 0.5) is 0 Å². The summed E-state index contributed by atoms with van der Waals surface area (Å²) in [5.41, 5.74) is 0.340. The van der Waals surface area contributed by atoms with E-state index < -0.39 is 6.10 Å². The fourth-order valence-corrected chi connectivity index (χ4v) is 2.77. The lowest BCUT2D eigenvalue weighted by molar-refractivity contribution is 0.113. The van der Waals surface area contributed by atoms with Gasteiger partial charge in [-0.1, -0.05) is 11.6 Å². The van der Waals surface area contributed by atoms with Gasteiger partial charge in [-0.2, -0.15) is 9.64 Å². The van der Waals surface area contributed by atoms with Gasteiger partial charge >= 0.3 is 0 Å². The Bertz CT molecular complexity index is 350. The molecule has 0 aromatic carbocycles. The van der Waals surface area contributed by atoms with Crippen LogP contribution in [0.3, 0.4) is 0 Å². The molecule has 0 fully saturated rings. The van der Waals surface area contributed by atoms with Gasteiger partial charge < -0.3 is 10.2 Å². The molecule has 0 aliphatic rings. The van der Waals surface area contributed by atoms with E-state index in [1.165, 1.54) is 11.8 Å². The Morgan fingerprint density at radius 2 is 2.43 bits per heavy atom. The number of thioether (sulfide) groups is 1. The summed E-state index contributed by atoms with van der Waals surface area (Å²) in [4.78, 5) is 0. The first-order chi connectivity index (χ1) is 6.69. The second-order valence-electron chi connectivity index (χ2n) is 2.40. The van der Waals surface area contributed by atoms with Gasteiger partial charge in [0.2, 0.25) is 0 Å². The minimum absolute atomic E-state index is 0.193. The van der Waals surface area contributed by atoms with Crippen molar-refractivity contribution in [3.05, 3.63) is 10.7 Å². The Morgan fingerprint density at radius 3 is 3.00 bits per heavy atom. The van der Waals surface area contributed by atoms with Gasteiger partial charge in [-0.05, 0) is 11.5 Å². The Kier molecular flexibility index (Phi) is 4.65. The monoisotopic (exact) mass is 250 g/mol. The Morgan fingerprint density at radius 1 is 1.71 bits per heavy atom. The van der Waals surface area contributed by atoms with E-state index in [1.807, 2.05) is 6.07 Å². The number of aliphatic hydroxyl groups excluding tert-OH is 2. The Labute approximate surface area is 94.3 Å². The van der Waals surface area contributed by atoms with Crippen LogP contribution >= 0.6 is 34.9 Å². The lowest BCUT2D eigenvalue weighted by Gasteiger charge is -2.03. The van der Waals surface area contributed by atoms with E-state index in [1.54, 1.807) is 0 Å². The number of hydrogen-bond donors (Lipinski definition) is 2. The van der Waals surface area contributed by atoms with Gasteiger partial charge in [0.1, 0.15) is 15.8 Å². The van der Waals surface area contributed by atoms with Gasteiger partial charge in [-0.3, -0.25) is 0 Å². The summed E-state index contributed by atoms with van der Waals surface area (Å²) in [6.45, 7) is -0.290. The fourth-order valence-electron chi connectivity index (χ4n) is 0.672. The van der Waals surface area contributed by atoms with Crippen LogP contribution in [-0.2, 0) is 0 Å².